The molecule has 1 saturated carbocycles. The molecule has 1 saturated heterocycles. The van der Waals surface area contributed by atoms with Crippen LogP contribution < -0.4 is 14.8 Å². The summed E-state index contributed by atoms with van der Waals surface area (Å²) >= 11 is 0. The standard InChI is InChI=1S/C16H21NO7/c1-23-11-7-6-9(8-12(11)24-10-4-2-3-5-10)13-15(19,20)14(18)17-16(13,21)22/h6-8,10,13,19-22H,2-5H2,1H3,(H,17,18). The van der Waals surface area contributed by atoms with Crippen LogP contribution in [0.25, 0.3) is 0 Å². The van der Waals surface area contributed by atoms with Crippen molar-refractivity contribution >= 4 is 5.91 Å². The van der Waals surface area contributed by atoms with Crippen molar-refractivity contribution in [1.29, 1.82) is 0 Å². The number of hydrogen-bond donors (Lipinski definition) is 5. The van der Waals surface area contributed by atoms with E-state index in [2.05, 4.69) is 0 Å². The normalized spacial score (nSPS) is 25.5. The monoisotopic (exact) mass is 339 g/mol. The maximum absolute atomic E-state index is 11.6. The van der Waals surface area contributed by atoms with Crippen molar-refractivity contribution in [3.63, 3.8) is 0 Å². The van der Waals surface area contributed by atoms with Gasteiger partial charge in [0.15, 0.2) is 11.5 Å². The third kappa shape index (κ3) is 2.82. The minimum atomic E-state index is -2.96. The molecule has 1 unspecified atom stereocenters. The molecular formula is C16H21NO7. The summed E-state index contributed by atoms with van der Waals surface area (Å²) in [6.07, 6.45) is 3.98. The highest BCUT2D eigenvalue weighted by Crippen LogP contribution is 2.42. The first-order valence-electron chi connectivity index (χ1n) is 7.82. The Morgan fingerprint density at radius 2 is 1.79 bits per heavy atom. The Balaban J connectivity index is 1.97. The summed E-state index contributed by atoms with van der Waals surface area (Å²) in [5.74, 6) is -7.94. The molecule has 1 amide bonds. The predicted molar refractivity (Wildman–Crippen MR) is 81.1 cm³/mol. The highest BCUT2D eigenvalue weighted by atomic mass is 16.6. The van der Waals surface area contributed by atoms with Crippen LogP contribution in [0, 0.1) is 0 Å². The molecule has 24 heavy (non-hydrogen) atoms. The Morgan fingerprint density at radius 3 is 2.33 bits per heavy atom. The van der Waals surface area contributed by atoms with Crippen molar-refractivity contribution in [3.8, 4) is 11.5 Å². The molecule has 1 aromatic rings. The fourth-order valence-electron chi connectivity index (χ4n) is 3.36. The van der Waals surface area contributed by atoms with Gasteiger partial charge in [-0.15, -0.1) is 0 Å². The zero-order chi connectivity index (χ0) is 17.5. The Kier molecular flexibility index (Phi) is 4.16. The third-order valence-corrected chi connectivity index (χ3v) is 4.55. The first-order chi connectivity index (χ1) is 11.3. The summed E-state index contributed by atoms with van der Waals surface area (Å²) in [5.41, 5.74) is 0.122. The van der Waals surface area contributed by atoms with Gasteiger partial charge in [-0.1, -0.05) is 6.07 Å². The van der Waals surface area contributed by atoms with Crippen LogP contribution >= 0.6 is 0 Å². The van der Waals surface area contributed by atoms with E-state index in [0.717, 1.165) is 25.7 Å². The van der Waals surface area contributed by atoms with Gasteiger partial charge >= 0.3 is 0 Å². The first kappa shape index (κ1) is 17.0. The molecule has 1 atom stereocenters. The van der Waals surface area contributed by atoms with E-state index in [-0.39, 0.29) is 11.7 Å². The fourth-order valence-corrected chi connectivity index (χ4v) is 3.36. The van der Waals surface area contributed by atoms with Crippen molar-refractivity contribution in [2.75, 3.05) is 7.11 Å². The van der Waals surface area contributed by atoms with Gasteiger partial charge in [0.25, 0.3) is 17.6 Å². The fraction of sp³-hybridized carbons (Fsp3) is 0.562. The average Bonchev–Trinajstić information content (AvgIpc) is 3.04. The number of nitrogens with one attached hydrogen (secondary N) is 1. The molecular weight excluding hydrogens is 318 g/mol. The minimum absolute atomic E-state index is 0.0264. The van der Waals surface area contributed by atoms with Crippen LogP contribution in [0.15, 0.2) is 18.2 Å². The van der Waals surface area contributed by atoms with Crippen LogP contribution in [-0.4, -0.2) is 51.2 Å². The average molecular weight is 339 g/mol. The lowest BCUT2D eigenvalue weighted by atomic mass is 9.90. The zero-order valence-electron chi connectivity index (χ0n) is 13.2. The van der Waals surface area contributed by atoms with Crippen LogP contribution in [0.1, 0.15) is 37.2 Å². The Morgan fingerprint density at radius 1 is 1.12 bits per heavy atom. The largest absolute Gasteiger partial charge is 0.493 e. The molecule has 8 nitrogen and oxygen atoms in total. The predicted octanol–water partition coefficient (Wildman–Crippen LogP) is -0.451. The van der Waals surface area contributed by atoms with Crippen molar-refractivity contribution in [1.82, 2.24) is 5.32 Å². The van der Waals surface area contributed by atoms with E-state index >= 15 is 0 Å². The molecule has 5 N–H and O–H groups in total. The number of amides is 1. The molecule has 0 bridgehead atoms. The van der Waals surface area contributed by atoms with Crippen LogP contribution in [-0.2, 0) is 4.79 Å². The highest BCUT2D eigenvalue weighted by Gasteiger charge is 2.62. The van der Waals surface area contributed by atoms with Crippen molar-refractivity contribution in [2.24, 2.45) is 0 Å². The summed E-state index contributed by atoms with van der Waals surface area (Å²) in [4.78, 5) is 11.6. The lowest BCUT2D eigenvalue weighted by Crippen LogP contribution is -2.45. The lowest BCUT2D eigenvalue weighted by Gasteiger charge is -2.28. The number of aliphatic hydroxyl groups is 4. The SMILES string of the molecule is COc1ccc(C2C(O)(O)NC(=O)C2(O)O)cc1OC1CCCC1. The molecule has 0 radical (unpaired) electrons. The van der Waals surface area contributed by atoms with Crippen LogP contribution in [0.4, 0.5) is 0 Å². The summed E-state index contributed by atoms with van der Waals surface area (Å²) in [6, 6.07) is 4.38. The summed E-state index contributed by atoms with van der Waals surface area (Å²) in [7, 11) is 1.47. The molecule has 2 aliphatic rings. The van der Waals surface area contributed by atoms with E-state index in [9.17, 15) is 25.2 Å². The number of ether oxygens (including phenoxy) is 2. The minimum Gasteiger partial charge on any atom is -0.493 e. The summed E-state index contributed by atoms with van der Waals surface area (Å²) in [6.45, 7) is 0. The van der Waals surface area contributed by atoms with Crippen LogP contribution in [0.3, 0.4) is 0 Å². The smallest absolute Gasteiger partial charge is 0.284 e. The van der Waals surface area contributed by atoms with E-state index < -0.39 is 23.5 Å². The van der Waals surface area contributed by atoms with Gasteiger partial charge in [0, 0.05) is 0 Å². The van der Waals surface area contributed by atoms with Gasteiger partial charge in [-0.2, -0.15) is 0 Å². The molecule has 1 aliphatic heterocycles. The first-order valence-corrected chi connectivity index (χ1v) is 7.82. The Hall–Kier alpha value is -1.87. The van der Waals surface area contributed by atoms with E-state index in [1.807, 2.05) is 0 Å². The second-order valence-electron chi connectivity index (χ2n) is 6.27. The molecule has 0 aromatic heterocycles. The second kappa shape index (κ2) is 5.89. The number of hydrogen-bond acceptors (Lipinski definition) is 7. The lowest BCUT2D eigenvalue weighted by molar-refractivity contribution is -0.231. The summed E-state index contributed by atoms with van der Waals surface area (Å²) in [5, 5.41) is 41.6. The molecule has 2 fully saturated rings. The van der Waals surface area contributed by atoms with Gasteiger partial charge in [-0.25, -0.2) is 0 Å². The van der Waals surface area contributed by atoms with E-state index in [1.54, 1.807) is 5.32 Å². The number of methoxy groups -OCH3 is 1. The van der Waals surface area contributed by atoms with Crippen molar-refractivity contribution in [2.45, 2.75) is 49.4 Å². The van der Waals surface area contributed by atoms with Crippen LogP contribution in [0.5, 0.6) is 11.5 Å². The number of carbonyl (C=O) groups is 1. The quantitative estimate of drug-likeness (QED) is 0.470. The molecule has 132 valence electrons. The number of carbonyl (C=O) groups excluding carboxylic acids is 1. The molecule has 8 heteroatoms. The van der Waals surface area contributed by atoms with Gasteiger partial charge in [-0.05, 0) is 43.4 Å². The Labute approximate surface area is 138 Å². The summed E-state index contributed by atoms with van der Waals surface area (Å²) < 4.78 is 11.1. The third-order valence-electron chi connectivity index (χ3n) is 4.55. The second-order valence-corrected chi connectivity index (χ2v) is 6.27. The zero-order valence-corrected chi connectivity index (χ0v) is 13.2. The van der Waals surface area contributed by atoms with Gasteiger partial charge in [0.05, 0.1) is 13.2 Å². The molecule has 1 aliphatic carbocycles. The maximum Gasteiger partial charge on any atom is 0.284 e. The maximum atomic E-state index is 11.6. The van der Waals surface area contributed by atoms with E-state index in [1.165, 1.54) is 25.3 Å². The van der Waals surface area contributed by atoms with Crippen molar-refractivity contribution < 1.29 is 34.7 Å². The number of benzene rings is 1. The van der Waals surface area contributed by atoms with Crippen molar-refractivity contribution in [3.05, 3.63) is 23.8 Å². The molecule has 0 spiro atoms. The molecule has 1 heterocycles. The van der Waals surface area contributed by atoms with Gasteiger partial charge < -0.3 is 29.9 Å². The van der Waals surface area contributed by atoms with Gasteiger partial charge in [-0.3, -0.25) is 10.1 Å². The van der Waals surface area contributed by atoms with E-state index in [0.29, 0.717) is 11.5 Å². The van der Waals surface area contributed by atoms with E-state index in [4.69, 9.17) is 9.47 Å². The molecule has 1 aromatic carbocycles. The molecule has 3 rings (SSSR count). The topological polar surface area (TPSA) is 128 Å². The Bertz CT molecular complexity index is 637. The highest BCUT2D eigenvalue weighted by molar-refractivity contribution is 5.88. The van der Waals surface area contributed by atoms with Gasteiger partial charge in [0.2, 0.25) is 0 Å². The van der Waals surface area contributed by atoms with Gasteiger partial charge in [0.1, 0.15) is 5.92 Å². The van der Waals surface area contributed by atoms with Crippen LogP contribution in [0.2, 0.25) is 0 Å². The number of rotatable bonds is 4.